The lowest BCUT2D eigenvalue weighted by atomic mass is 10.1. The zero-order chi connectivity index (χ0) is 16.4. The second-order valence-corrected chi connectivity index (χ2v) is 7.13. The number of ether oxygens (including phenoxy) is 2. The maximum absolute atomic E-state index is 12.4. The lowest BCUT2D eigenvalue weighted by Crippen LogP contribution is -2.26. The number of H-pyrrole nitrogens is 1. The first-order valence-corrected chi connectivity index (χ1v) is 8.85. The Balaban J connectivity index is 1.69. The average molecular weight is 337 g/mol. The summed E-state index contributed by atoms with van der Waals surface area (Å²) in [5, 5.41) is 7.00. The Bertz CT molecular complexity index is 795. The van der Waals surface area contributed by atoms with Crippen molar-refractivity contribution in [2.75, 3.05) is 19.8 Å². The van der Waals surface area contributed by atoms with Crippen molar-refractivity contribution in [3.05, 3.63) is 35.2 Å². The van der Waals surface area contributed by atoms with Crippen LogP contribution in [0.25, 0.3) is 0 Å². The van der Waals surface area contributed by atoms with Gasteiger partial charge in [-0.05, 0) is 38.0 Å². The van der Waals surface area contributed by atoms with Gasteiger partial charge in [-0.25, -0.2) is 13.1 Å². The smallest absolute Gasteiger partial charge is 0.240 e. The van der Waals surface area contributed by atoms with Gasteiger partial charge in [0.15, 0.2) is 11.5 Å². The molecule has 0 atom stereocenters. The number of nitrogens with one attached hydrogen (secondary N) is 2. The van der Waals surface area contributed by atoms with Crippen molar-refractivity contribution in [1.29, 1.82) is 0 Å². The highest BCUT2D eigenvalue weighted by Crippen LogP contribution is 2.32. The van der Waals surface area contributed by atoms with Crippen molar-refractivity contribution in [3.8, 4) is 11.5 Å². The molecular weight excluding hydrogens is 318 g/mol. The highest BCUT2D eigenvalue weighted by atomic mass is 32.2. The monoisotopic (exact) mass is 337 g/mol. The number of aromatic amines is 1. The normalized spacial score (nSPS) is 14.0. The van der Waals surface area contributed by atoms with E-state index in [2.05, 4.69) is 14.9 Å². The number of nitrogens with zero attached hydrogens (tertiary/aromatic N) is 1. The molecule has 2 N–H and O–H groups in total. The van der Waals surface area contributed by atoms with Crippen LogP contribution in [0.1, 0.15) is 17.0 Å². The number of benzene rings is 1. The summed E-state index contributed by atoms with van der Waals surface area (Å²) in [4.78, 5) is 0.169. The Hall–Kier alpha value is -2.06. The van der Waals surface area contributed by atoms with Crippen molar-refractivity contribution in [1.82, 2.24) is 14.9 Å². The van der Waals surface area contributed by atoms with Gasteiger partial charge in [0, 0.05) is 18.3 Å². The average Bonchev–Trinajstić information content (AvgIpc) is 2.86. The van der Waals surface area contributed by atoms with E-state index in [0.29, 0.717) is 37.7 Å². The zero-order valence-corrected chi connectivity index (χ0v) is 13.9. The van der Waals surface area contributed by atoms with Crippen molar-refractivity contribution in [2.45, 2.75) is 25.2 Å². The summed E-state index contributed by atoms with van der Waals surface area (Å²) < 4.78 is 38.2. The number of hydrogen-bond acceptors (Lipinski definition) is 5. The van der Waals surface area contributed by atoms with E-state index in [1.54, 1.807) is 6.07 Å². The molecule has 2 heterocycles. The number of rotatable bonds is 5. The van der Waals surface area contributed by atoms with Crippen LogP contribution in [0.2, 0.25) is 0 Å². The second kappa shape index (κ2) is 6.21. The molecule has 8 heteroatoms. The van der Waals surface area contributed by atoms with E-state index in [1.165, 1.54) is 12.1 Å². The molecule has 0 bridgehead atoms. The lowest BCUT2D eigenvalue weighted by molar-refractivity contribution is 0.171. The molecule has 23 heavy (non-hydrogen) atoms. The minimum Gasteiger partial charge on any atom is -0.486 e. The van der Waals surface area contributed by atoms with Gasteiger partial charge in [0.05, 0.1) is 10.6 Å². The summed E-state index contributed by atoms with van der Waals surface area (Å²) in [6.45, 7) is 5.01. The van der Waals surface area contributed by atoms with Gasteiger partial charge in [-0.15, -0.1) is 0 Å². The standard InChI is InChI=1S/C15H19N3O4S/c1-10-13(11(2)18-17-10)5-6-16-23(19,20)12-3-4-14-15(9-12)22-8-7-21-14/h3-4,9,16H,5-8H2,1-2H3,(H,17,18). The van der Waals surface area contributed by atoms with E-state index in [-0.39, 0.29) is 4.90 Å². The first-order valence-electron chi connectivity index (χ1n) is 7.37. The van der Waals surface area contributed by atoms with Gasteiger partial charge in [0.1, 0.15) is 13.2 Å². The van der Waals surface area contributed by atoms with E-state index < -0.39 is 10.0 Å². The minimum atomic E-state index is -3.59. The third kappa shape index (κ3) is 3.32. The number of sulfonamides is 1. The van der Waals surface area contributed by atoms with Gasteiger partial charge in [-0.1, -0.05) is 0 Å². The molecule has 0 saturated carbocycles. The van der Waals surface area contributed by atoms with Crippen LogP contribution in [0, 0.1) is 13.8 Å². The highest BCUT2D eigenvalue weighted by Gasteiger charge is 2.19. The fourth-order valence-electron chi connectivity index (χ4n) is 2.53. The van der Waals surface area contributed by atoms with Gasteiger partial charge in [-0.2, -0.15) is 5.10 Å². The van der Waals surface area contributed by atoms with E-state index in [1.807, 2.05) is 13.8 Å². The first-order chi connectivity index (χ1) is 11.0. The molecule has 2 aromatic rings. The molecule has 0 spiro atoms. The van der Waals surface area contributed by atoms with Gasteiger partial charge in [-0.3, -0.25) is 5.10 Å². The van der Waals surface area contributed by atoms with Gasteiger partial charge >= 0.3 is 0 Å². The van der Waals surface area contributed by atoms with Crippen LogP contribution in [-0.4, -0.2) is 38.4 Å². The maximum atomic E-state index is 12.4. The molecule has 0 amide bonds. The van der Waals surface area contributed by atoms with Crippen molar-refractivity contribution in [3.63, 3.8) is 0 Å². The van der Waals surface area contributed by atoms with Crippen molar-refractivity contribution >= 4 is 10.0 Å². The summed E-state index contributed by atoms with van der Waals surface area (Å²) in [6, 6.07) is 4.63. The number of hydrogen-bond donors (Lipinski definition) is 2. The molecular formula is C15H19N3O4S. The summed E-state index contributed by atoms with van der Waals surface area (Å²) >= 11 is 0. The summed E-state index contributed by atoms with van der Waals surface area (Å²) in [7, 11) is -3.59. The Morgan fingerprint density at radius 3 is 2.65 bits per heavy atom. The predicted molar refractivity (Wildman–Crippen MR) is 84.4 cm³/mol. The molecule has 7 nitrogen and oxygen atoms in total. The molecule has 3 rings (SSSR count). The first kappa shape index (κ1) is 15.8. The van der Waals surface area contributed by atoms with Crippen LogP contribution in [0.4, 0.5) is 0 Å². The number of aromatic nitrogens is 2. The molecule has 1 aliphatic rings. The zero-order valence-electron chi connectivity index (χ0n) is 13.0. The summed E-state index contributed by atoms with van der Waals surface area (Å²) in [5.41, 5.74) is 2.89. The fraction of sp³-hybridized carbons (Fsp3) is 0.400. The Morgan fingerprint density at radius 2 is 1.96 bits per heavy atom. The van der Waals surface area contributed by atoms with E-state index >= 15 is 0 Å². The number of fused-ring (bicyclic) bond motifs is 1. The lowest BCUT2D eigenvalue weighted by Gasteiger charge is -2.18. The topological polar surface area (TPSA) is 93.3 Å². The van der Waals surface area contributed by atoms with Crippen LogP contribution < -0.4 is 14.2 Å². The van der Waals surface area contributed by atoms with Gasteiger partial charge in [0.2, 0.25) is 10.0 Å². The number of aryl methyl sites for hydroxylation is 2. The molecule has 0 unspecified atom stereocenters. The van der Waals surface area contributed by atoms with Crippen LogP contribution in [0.5, 0.6) is 11.5 Å². The summed E-state index contributed by atoms with van der Waals surface area (Å²) in [5.74, 6) is 1.03. The SMILES string of the molecule is Cc1n[nH]c(C)c1CCNS(=O)(=O)c1ccc2c(c1)OCCO2. The molecule has 1 aromatic carbocycles. The largest absolute Gasteiger partial charge is 0.486 e. The third-order valence-corrected chi connectivity index (χ3v) is 5.23. The molecule has 0 fully saturated rings. The highest BCUT2D eigenvalue weighted by molar-refractivity contribution is 7.89. The Labute approximate surface area is 135 Å². The van der Waals surface area contributed by atoms with Gasteiger partial charge < -0.3 is 9.47 Å². The van der Waals surface area contributed by atoms with Crippen LogP contribution in [-0.2, 0) is 16.4 Å². The quantitative estimate of drug-likeness (QED) is 0.858. The van der Waals surface area contributed by atoms with Crippen LogP contribution in [0.15, 0.2) is 23.1 Å². The third-order valence-electron chi connectivity index (χ3n) is 3.77. The van der Waals surface area contributed by atoms with Crippen molar-refractivity contribution in [2.24, 2.45) is 0 Å². The molecule has 1 aliphatic heterocycles. The fourth-order valence-corrected chi connectivity index (χ4v) is 3.57. The van der Waals surface area contributed by atoms with Crippen LogP contribution in [0.3, 0.4) is 0 Å². The van der Waals surface area contributed by atoms with E-state index in [0.717, 1.165) is 17.0 Å². The molecule has 0 aliphatic carbocycles. The predicted octanol–water partition coefficient (Wildman–Crippen LogP) is 1.32. The second-order valence-electron chi connectivity index (χ2n) is 5.37. The van der Waals surface area contributed by atoms with Gasteiger partial charge in [0.25, 0.3) is 0 Å². The summed E-state index contributed by atoms with van der Waals surface area (Å²) in [6.07, 6.45) is 0.581. The molecule has 1 aromatic heterocycles. The van der Waals surface area contributed by atoms with E-state index in [4.69, 9.17) is 9.47 Å². The van der Waals surface area contributed by atoms with E-state index in [9.17, 15) is 8.42 Å². The Morgan fingerprint density at radius 1 is 1.22 bits per heavy atom. The molecule has 124 valence electrons. The Kier molecular flexibility index (Phi) is 4.27. The minimum absolute atomic E-state index is 0.169. The maximum Gasteiger partial charge on any atom is 0.240 e. The van der Waals surface area contributed by atoms with Crippen molar-refractivity contribution < 1.29 is 17.9 Å². The molecule has 0 radical (unpaired) electrons. The van der Waals surface area contributed by atoms with Crippen LogP contribution >= 0.6 is 0 Å². The molecule has 0 saturated heterocycles.